The van der Waals surface area contributed by atoms with Gasteiger partial charge in [-0.3, -0.25) is 0 Å². The predicted octanol–water partition coefficient (Wildman–Crippen LogP) is 8.83. The minimum atomic E-state index is 0.0775. The van der Waals surface area contributed by atoms with Gasteiger partial charge in [0, 0.05) is 66.1 Å². The number of hydrogen-bond donors (Lipinski definition) is 0. The van der Waals surface area contributed by atoms with Crippen molar-refractivity contribution >= 4 is 98.7 Å². The number of nitrogens with zero attached hydrogens (tertiary/aromatic N) is 2. The number of fused-ring (bicyclic) bond motifs is 10. The van der Waals surface area contributed by atoms with Gasteiger partial charge in [-0.1, -0.05) is 36.4 Å². The number of ether oxygens (including phenoxy) is 4. The summed E-state index contributed by atoms with van der Waals surface area (Å²) in [5, 5.41) is 2.53. The highest BCUT2D eigenvalue weighted by molar-refractivity contribution is 7.40. The molecule has 6 nitrogen and oxygen atoms in total. The molecule has 4 aliphatic heterocycles. The first-order valence-corrected chi connectivity index (χ1v) is 18.9. The van der Waals surface area contributed by atoms with Gasteiger partial charge in [0.1, 0.15) is 0 Å². The van der Waals surface area contributed by atoms with Gasteiger partial charge in [0.25, 0.3) is 6.71 Å². The van der Waals surface area contributed by atoms with Gasteiger partial charge in [-0.15, -0.1) is 22.7 Å². The highest BCUT2D eigenvalue weighted by atomic mass is 32.1. The summed E-state index contributed by atoms with van der Waals surface area (Å²) < 4.78 is 30.0. The van der Waals surface area contributed by atoms with Gasteiger partial charge in [-0.05, 0) is 66.5 Å². The van der Waals surface area contributed by atoms with Crippen molar-refractivity contribution in [1.29, 1.82) is 0 Å². The summed E-state index contributed by atoms with van der Waals surface area (Å²) in [6, 6.07) is 35.3. The molecule has 6 heterocycles. The first kappa shape index (κ1) is 28.7. The molecular weight excluding hydrogens is 659 g/mol. The Labute approximate surface area is 298 Å². The molecule has 0 atom stereocenters. The smallest absolute Gasteiger partial charge is 0.277 e. The normalized spacial score (nSPS) is 15.7. The number of rotatable bonds is 2. The molecular formula is C41H31BN2O4S2. The van der Waals surface area contributed by atoms with E-state index in [0.29, 0.717) is 26.4 Å². The summed E-state index contributed by atoms with van der Waals surface area (Å²) in [6.45, 7) is 4.90. The summed E-state index contributed by atoms with van der Waals surface area (Å²) in [7, 11) is 0. The first-order chi connectivity index (χ1) is 24.7. The fourth-order valence-electron chi connectivity index (χ4n) is 8.12. The predicted molar refractivity (Wildman–Crippen MR) is 207 cm³/mol. The lowest BCUT2D eigenvalue weighted by Gasteiger charge is -2.42. The molecule has 0 aliphatic carbocycles. The van der Waals surface area contributed by atoms with Gasteiger partial charge < -0.3 is 28.7 Å². The van der Waals surface area contributed by atoms with Gasteiger partial charge in [0.2, 0.25) is 0 Å². The monoisotopic (exact) mass is 690 g/mol. The van der Waals surface area contributed by atoms with E-state index in [-0.39, 0.29) is 6.71 Å². The summed E-state index contributed by atoms with van der Waals surface area (Å²) in [5.74, 6) is 3.20. The fourth-order valence-corrected chi connectivity index (χ4v) is 10.8. The quantitative estimate of drug-likeness (QED) is 0.169. The molecule has 50 heavy (non-hydrogen) atoms. The Morgan fingerprint density at radius 1 is 0.540 bits per heavy atom. The lowest BCUT2D eigenvalue weighted by Crippen LogP contribution is -2.59. The van der Waals surface area contributed by atoms with E-state index in [9.17, 15) is 0 Å². The Balaban J connectivity index is 1.23. The van der Waals surface area contributed by atoms with Gasteiger partial charge in [0.15, 0.2) is 23.0 Å². The van der Waals surface area contributed by atoms with Gasteiger partial charge >= 0.3 is 0 Å². The molecule has 244 valence electrons. The zero-order valence-corrected chi connectivity index (χ0v) is 29.0. The molecule has 9 heteroatoms. The molecule has 0 amide bonds. The highest BCUT2D eigenvalue weighted by Crippen LogP contribution is 2.52. The Morgan fingerprint density at radius 2 is 1.00 bits per heavy atom. The third kappa shape index (κ3) is 4.14. The Morgan fingerprint density at radius 3 is 1.50 bits per heavy atom. The van der Waals surface area contributed by atoms with Crippen LogP contribution in [-0.4, -0.2) is 33.1 Å². The minimum Gasteiger partial charge on any atom is -0.490 e. The van der Waals surface area contributed by atoms with Crippen molar-refractivity contribution in [1.82, 2.24) is 0 Å². The zero-order chi connectivity index (χ0) is 32.9. The number of thiophene rings is 2. The average Bonchev–Trinajstić information content (AvgIpc) is 3.48. The molecule has 0 spiro atoms. The van der Waals surface area contributed by atoms with Crippen molar-refractivity contribution in [3.63, 3.8) is 0 Å². The second kappa shape index (κ2) is 10.9. The third-order valence-electron chi connectivity index (χ3n) is 10.2. The standard InChI is InChI=1S/C41H31BN2O4S2/c1-24-20-29-37-30(21-24)44(26-13-15-32-34(23-26)48-19-7-17-46-32)39-28-9-3-5-11-36(28)50-41(39)42(37)40-38(27-8-2-4-10-35(27)49-40)43(29)25-12-14-31-33(22-25)47-18-6-16-45-31/h2-5,8-15,20-23H,6-7,16-19H2,1H3. The largest absolute Gasteiger partial charge is 0.490 e. The van der Waals surface area contributed by atoms with E-state index in [2.05, 4.69) is 114 Å². The molecule has 0 fully saturated rings. The number of aryl methyl sites for hydroxylation is 1. The van der Waals surface area contributed by atoms with Crippen molar-refractivity contribution in [2.24, 2.45) is 0 Å². The van der Waals surface area contributed by atoms with E-state index < -0.39 is 0 Å². The fraction of sp³-hybridized carbons (Fsp3) is 0.171. The van der Waals surface area contributed by atoms with Crippen LogP contribution in [0, 0.1) is 6.92 Å². The zero-order valence-electron chi connectivity index (χ0n) is 27.4. The van der Waals surface area contributed by atoms with E-state index in [1.807, 2.05) is 22.7 Å². The van der Waals surface area contributed by atoms with E-state index in [4.69, 9.17) is 18.9 Å². The Bertz CT molecular complexity index is 2360. The topological polar surface area (TPSA) is 43.4 Å². The van der Waals surface area contributed by atoms with Crippen LogP contribution in [0.5, 0.6) is 23.0 Å². The molecule has 7 aromatic rings. The minimum absolute atomic E-state index is 0.0775. The molecule has 4 aliphatic rings. The number of benzene rings is 5. The molecule has 0 N–H and O–H groups in total. The van der Waals surface area contributed by atoms with E-state index >= 15 is 0 Å². The van der Waals surface area contributed by atoms with Crippen molar-refractivity contribution in [3.05, 3.63) is 103 Å². The maximum atomic E-state index is 6.26. The van der Waals surface area contributed by atoms with E-state index in [1.54, 1.807) is 0 Å². The number of anilines is 6. The maximum Gasteiger partial charge on any atom is 0.277 e. The molecule has 0 bridgehead atoms. The highest BCUT2D eigenvalue weighted by Gasteiger charge is 2.47. The van der Waals surface area contributed by atoms with E-state index in [1.165, 1.54) is 63.5 Å². The van der Waals surface area contributed by atoms with Crippen LogP contribution in [0.4, 0.5) is 34.1 Å². The maximum absolute atomic E-state index is 6.26. The van der Waals surface area contributed by atoms with Crippen LogP contribution in [0.25, 0.3) is 20.2 Å². The van der Waals surface area contributed by atoms with Gasteiger partial charge in [-0.25, -0.2) is 0 Å². The summed E-state index contributed by atoms with van der Waals surface area (Å²) in [5.41, 5.74) is 9.53. The number of hydrogen-bond acceptors (Lipinski definition) is 8. The Kier molecular flexibility index (Phi) is 6.28. The second-order valence-corrected chi connectivity index (χ2v) is 15.5. The first-order valence-electron chi connectivity index (χ1n) is 17.3. The second-order valence-electron chi connectivity index (χ2n) is 13.3. The lowest BCUT2D eigenvalue weighted by atomic mass is 9.39. The van der Waals surface area contributed by atoms with Gasteiger partial charge in [-0.2, -0.15) is 0 Å². The van der Waals surface area contributed by atoms with Crippen molar-refractivity contribution in [2.45, 2.75) is 19.8 Å². The molecule has 5 aromatic carbocycles. The van der Waals surface area contributed by atoms with Crippen LogP contribution in [0.15, 0.2) is 97.1 Å². The van der Waals surface area contributed by atoms with Crippen molar-refractivity contribution in [3.8, 4) is 23.0 Å². The average molecular weight is 691 g/mol. The van der Waals surface area contributed by atoms with E-state index in [0.717, 1.165) is 47.2 Å². The van der Waals surface area contributed by atoms with Crippen LogP contribution < -0.4 is 43.8 Å². The van der Waals surface area contributed by atoms with Crippen LogP contribution >= 0.6 is 22.7 Å². The summed E-state index contributed by atoms with van der Waals surface area (Å²) >= 11 is 3.84. The molecule has 0 radical (unpaired) electrons. The van der Waals surface area contributed by atoms with Crippen LogP contribution in [0.3, 0.4) is 0 Å². The van der Waals surface area contributed by atoms with Crippen LogP contribution in [0.1, 0.15) is 18.4 Å². The molecule has 0 saturated carbocycles. The summed E-state index contributed by atoms with van der Waals surface area (Å²) in [6.07, 6.45) is 1.74. The van der Waals surface area contributed by atoms with Crippen LogP contribution in [0.2, 0.25) is 0 Å². The van der Waals surface area contributed by atoms with Crippen molar-refractivity contribution in [2.75, 3.05) is 36.2 Å². The SMILES string of the molecule is Cc1cc2c3c(c1)N(c1ccc4c(c1)OCCCO4)c1c(sc4ccccc14)B3c1sc3ccccc3c1N2c1ccc2c(c1)OCCCO2. The molecule has 0 unspecified atom stereocenters. The lowest BCUT2D eigenvalue weighted by molar-refractivity contribution is 0.296. The van der Waals surface area contributed by atoms with Crippen LogP contribution in [-0.2, 0) is 0 Å². The van der Waals surface area contributed by atoms with Gasteiger partial charge in [0.05, 0.1) is 49.2 Å². The Hall–Kier alpha value is -5.12. The molecule has 2 aromatic heterocycles. The van der Waals surface area contributed by atoms with Crippen molar-refractivity contribution < 1.29 is 18.9 Å². The molecule has 11 rings (SSSR count). The summed E-state index contributed by atoms with van der Waals surface area (Å²) in [4.78, 5) is 4.96. The third-order valence-corrected chi connectivity index (χ3v) is 12.6. The molecule has 0 saturated heterocycles.